The number of hydrogen-bond donors (Lipinski definition) is 1. The van der Waals surface area contributed by atoms with E-state index in [0.717, 1.165) is 13.1 Å². The van der Waals surface area contributed by atoms with Crippen LogP contribution in [-0.4, -0.2) is 37.6 Å². The summed E-state index contributed by atoms with van der Waals surface area (Å²) in [4.78, 5) is 2.66. The minimum absolute atomic E-state index is 0.399. The zero-order chi connectivity index (χ0) is 12.9. The largest absolute Gasteiger partial charge is 0.316 e. The second kappa shape index (κ2) is 6.19. The van der Waals surface area contributed by atoms with Gasteiger partial charge in [0.15, 0.2) is 0 Å². The molecule has 0 unspecified atom stereocenters. The normalized spacial score (nSPS) is 21.7. The molecule has 0 aliphatic carbocycles. The molecule has 0 aromatic heterocycles. The zero-order valence-corrected chi connectivity index (χ0v) is 12.6. The Morgan fingerprint density at radius 3 is 2.24 bits per heavy atom. The average Bonchev–Trinajstić information content (AvgIpc) is 2.30. The lowest BCUT2D eigenvalue weighted by Crippen LogP contribution is -2.45. The smallest absolute Gasteiger partial charge is 0.00448 e. The molecule has 1 fully saturated rings. The first-order chi connectivity index (χ1) is 7.91. The number of piperidine rings is 1. The molecule has 0 radical (unpaired) electrons. The Balaban J connectivity index is 2.34. The van der Waals surface area contributed by atoms with Gasteiger partial charge in [-0.1, -0.05) is 41.0 Å². The predicted molar refractivity (Wildman–Crippen MR) is 76.4 cm³/mol. The van der Waals surface area contributed by atoms with Crippen LogP contribution in [-0.2, 0) is 0 Å². The number of nitrogens with one attached hydrogen (secondary N) is 1. The Morgan fingerprint density at radius 1 is 1.18 bits per heavy atom. The first kappa shape index (κ1) is 15.0. The van der Waals surface area contributed by atoms with E-state index < -0.39 is 0 Å². The SMILES string of the molecule is CCNCC(C)(C)CN1CCC(C)(CC)CC1. The average molecular weight is 240 g/mol. The van der Waals surface area contributed by atoms with Crippen LogP contribution in [0.4, 0.5) is 0 Å². The van der Waals surface area contributed by atoms with Gasteiger partial charge in [-0.3, -0.25) is 0 Å². The van der Waals surface area contributed by atoms with Crippen molar-refractivity contribution in [3.8, 4) is 0 Å². The van der Waals surface area contributed by atoms with Crippen molar-refractivity contribution in [2.45, 2.75) is 53.9 Å². The molecule has 0 spiro atoms. The van der Waals surface area contributed by atoms with Gasteiger partial charge in [-0.15, -0.1) is 0 Å². The first-order valence-corrected chi connectivity index (χ1v) is 7.34. The fourth-order valence-corrected chi connectivity index (χ4v) is 2.73. The third-order valence-electron chi connectivity index (χ3n) is 4.42. The molecule has 0 atom stereocenters. The van der Waals surface area contributed by atoms with Gasteiger partial charge in [0.25, 0.3) is 0 Å². The van der Waals surface area contributed by atoms with Gasteiger partial charge in [0.2, 0.25) is 0 Å². The highest BCUT2D eigenvalue weighted by atomic mass is 15.1. The molecule has 17 heavy (non-hydrogen) atoms. The molecule has 1 N–H and O–H groups in total. The van der Waals surface area contributed by atoms with Crippen LogP contribution in [0.5, 0.6) is 0 Å². The van der Waals surface area contributed by atoms with Crippen LogP contribution in [0.1, 0.15) is 53.9 Å². The predicted octanol–water partition coefficient (Wildman–Crippen LogP) is 3.13. The molecule has 0 aromatic carbocycles. The van der Waals surface area contributed by atoms with Crippen LogP contribution in [0.2, 0.25) is 0 Å². The fraction of sp³-hybridized carbons (Fsp3) is 1.00. The standard InChI is InChI=1S/C15H32N2/c1-6-15(5)8-10-17(11-9-15)13-14(3,4)12-16-7-2/h16H,6-13H2,1-5H3. The molecule has 1 rings (SSSR count). The topological polar surface area (TPSA) is 15.3 Å². The highest BCUT2D eigenvalue weighted by Crippen LogP contribution is 2.34. The van der Waals surface area contributed by atoms with Crippen molar-refractivity contribution in [3.05, 3.63) is 0 Å². The Kier molecular flexibility index (Phi) is 5.46. The van der Waals surface area contributed by atoms with Crippen molar-refractivity contribution in [1.82, 2.24) is 10.2 Å². The van der Waals surface area contributed by atoms with Gasteiger partial charge in [0, 0.05) is 13.1 Å². The summed E-state index contributed by atoms with van der Waals surface area (Å²) in [7, 11) is 0. The summed E-state index contributed by atoms with van der Waals surface area (Å²) in [6.45, 7) is 17.8. The van der Waals surface area contributed by atoms with E-state index in [9.17, 15) is 0 Å². The molecule has 2 heteroatoms. The maximum atomic E-state index is 3.48. The molecule has 0 amide bonds. The van der Waals surface area contributed by atoms with Gasteiger partial charge in [0.1, 0.15) is 0 Å². The summed E-state index contributed by atoms with van der Waals surface area (Å²) >= 11 is 0. The Morgan fingerprint density at radius 2 is 1.76 bits per heavy atom. The second-order valence-corrected chi connectivity index (χ2v) is 6.88. The van der Waals surface area contributed by atoms with Gasteiger partial charge in [-0.2, -0.15) is 0 Å². The van der Waals surface area contributed by atoms with E-state index in [-0.39, 0.29) is 0 Å². The number of nitrogens with zero attached hydrogens (tertiary/aromatic N) is 1. The summed E-state index contributed by atoms with van der Waals surface area (Å²) in [5.41, 5.74) is 1.01. The van der Waals surface area contributed by atoms with E-state index in [1.54, 1.807) is 0 Å². The molecule has 1 heterocycles. The van der Waals surface area contributed by atoms with E-state index >= 15 is 0 Å². The van der Waals surface area contributed by atoms with E-state index in [4.69, 9.17) is 0 Å². The van der Waals surface area contributed by atoms with E-state index in [1.165, 1.54) is 38.9 Å². The van der Waals surface area contributed by atoms with Crippen LogP contribution >= 0.6 is 0 Å². The molecule has 2 nitrogen and oxygen atoms in total. The van der Waals surface area contributed by atoms with Crippen molar-refractivity contribution < 1.29 is 0 Å². The number of hydrogen-bond acceptors (Lipinski definition) is 2. The Labute approximate surface area is 108 Å². The van der Waals surface area contributed by atoms with Crippen molar-refractivity contribution in [3.63, 3.8) is 0 Å². The molecule has 102 valence electrons. The lowest BCUT2D eigenvalue weighted by Gasteiger charge is -2.42. The van der Waals surface area contributed by atoms with Crippen LogP contribution in [0.25, 0.3) is 0 Å². The lowest BCUT2D eigenvalue weighted by molar-refractivity contribution is 0.0826. The molecule has 0 saturated carbocycles. The van der Waals surface area contributed by atoms with E-state index in [1.807, 2.05) is 0 Å². The minimum Gasteiger partial charge on any atom is -0.316 e. The summed E-state index contributed by atoms with van der Waals surface area (Å²) in [5, 5.41) is 3.48. The van der Waals surface area contributed by atoms with Crippen LogP contribution < -0.4 is 5.32 Å². The van der Waals surface area contributed by atoms with Crippen molar-refractivity contribution in [2.75, 3.05) is 32.7 Å². The highest BCUT2D eigenvalue weighted by molar-refractivity contribution is 4.84. The first-order valence-electron chi connectivity index (χ1n) is 7.34. The quantitative estimate of drug-likeness (QED) is 0.767. The van der Waals surface area contributed by atoms with Crippen molar-refractivity contribution in [1.29, 1.82) is 0 Å². The molecular formula is C15H32N2. The second-order valence-electron chi connectivity index (χ2n) is 6.88. The fourth-order valence-electron chi connectivity index (χ4n) is 2.73. The molecular weight excluding hydrogens is 208 g/mol. The van der Waals surface area contributed by atoms with E-state index in [0.29, 0.717) is 10.8 Å². The van der Waals surface area contributed by atoms with Gasteiger partial charge < -0.3 is 10.2 Å². The van der Waals surface area contributed by atoms with Gasteiger partial charge in [-0.25, -0.2) is 0 Å². The molecule has 0 bridgehead atoms. The summed E-state index contributed by atoms with van der Waals surface area (Å²) in [6.07, 6.45) is 4.09. The Bertz CT molecular complexity index is 215. The molecule has 1 aliphatic rings. The van der Waals surface area contributed by atoms with Crippen LogP contribution in [0.15, 0.2) is 0 Å². The zero-order valence-electron chi connectivity index (χ0n) is 12.6. The molecule has 1 saturated heterocycles. The maximum absolute atomic E-state index is 3.48. The minimum atomic E-state index is 0.399. The van der Waals surface area contributed by atoms with Gasteiger partial charge in [-0.05, 0) is 43.3 Å². The van der Waals surface area contributed by atoms with Gasteiger partial charge in [0.05, 0.1) is 0 Å². The summed E-state index contributed by atoms with van der Waals surface area (Å²) in [5.74, 6) is 0. The Hall–Kier alpha value is -0.0800. The molecule has 1 aliphatic heterocycles. The van der Waals surface area contributed by atoms with Crippen molar-refractivity contribution in [2.24, 2.45) is 10.8 Å². The number of likely N-dealkylation sites (tertiary alicyclic amines) is 1. The lowest BCUT2D eigenvalue weighted by atomic mass is 9.77. The third kappa shape index (κ3) is 4.97. The molecule has 0 aromatic rings. The number of rotatable bonds is 6. The van der Waals surface area contributed by atoms with Gasteiger partial charge >= 0.3 is 0 Å². The highest BCUT2D eigenvalue weighted by Gasteiger charge is 2.30. The monoisotopic (exact) mass is 240 g/mol. The van der Waals surface area contributed by atoms with Crippen LogP contribution in [0.3, 0.4) is 0 Å². The third-order valence-corrected chi connectivity index (χ3v) is 4.42. The van der Waals surface area contributed by atoms with Crippen molar-refractivity contribution >= 4 is 0 Å². The maximum Gasteiger partial charge on any atom is 0.00448 e. The van der Waals surface area contributed by atoms with Crippen LogP contribution in [0, 0.1) is 10.8 Å². The van der Waals surface area contributed by atoms with E-state index in [2.05, 4.69) is 44.8 Å². The summed E-state index contributed by atoms with van der Waals surface area (Å²) < 4.78 is 0. The summed E-state index contributed by atoms with van der Waals surface area (Å²) in [6, 6.07) is 0.